The van der Waals surface area contributed by atoms with Crippen molar-refractivity contribution in [2.75, 3.05) is 13.2 Å². The van der Waals surface area contributed by atoms with Gasteiger partial charge in [-0.2, -0.15) is 0 Å². The van der Waals surface area contributed by atoms with Crippen molar-refractivity contribution in [3.05, 3.63) is 27.2 Å². The van der Waals surface area contributed by atoms with Gasteiger partial charge >= 0.3 is 0 Å². The largest absolute Gasteiger partial charge is 0.492 e. The SMILES string of the molecule is CCC(=O)NCCC1CCc2cc(Br)c3c(c21)CCCO3. The maximum atomic E-state index is 11.4. The molecule has 0 saturated heterocycles. The highest BCUT2D eigenvalue weighted by Gasteiger charge is 2.30. The highest BCUT2D eigenvalue weighted by Crippen LogP contribution is 2.46. The fourth-order valence-electron chi connectivity index (χ4n) is 3.57. The molecule has 1 N–H and O–H groups in total. The minimum absolute atomic E-state index is 0.148. The van der Waals surface area contributed by atoms with E-state index in [9.17, 15) is 4.79 Å². The van der Waals surface area contributed by atoms with E-state index in [4.69, 9.17) is 4.74 Å². The Balaban J connectivity index is 1.79. The Kier molecular flexibility index (Phi) is 4.53. The van der Waals surface area contributed by atoms with Crippen LogP contribution in [0, 0.1) is 0 Å². The smallest absolute Gasteiger partial charge is 0.219 e. The van der Waals surface area contributed by atoms with Crippen molar-refractivity contribution in [2.24, 2.45) is 0 Å². The third-order valence-electron chi connectivity index (χ3n) is 4.59. The van der Waals surface area contributed by atoms with Crippen LogP contribution in [0.15, 0.2) is 10.5 Å². The molecule has 4 heteroatoms. The van der Waals surface area contributed by atoms with Gasteiger partial charge in [-0.1, -0.05) is 6.92 Å². The van der Waals surface area contributed by atoms with Crippen molar-refractivity contribution in [1.29, 1.82) is 0 Å². The van der Waals surface area contributed by atoms with E-state index in [1.165, 1.54) is 23.1 Å². The first kappa shape index (κ1) is 14.9. The van der Waals surface area contributed by atoms with Gasteiger partial charge in [0.2, 0.25) is 5.91 Å². The molecular formula is C17H22BrNO2. The molecule has 0 spiro atoms. The van der Waals surface area contributed by atoms with Gasteiger partial charge in [-0.25, -0.2) is 0 Å². The fourth-order valence-corrected chi connectivity index (χ4v) is 4.20. The van der Waals surface area contributed by atoms with Crippen LogP contribution < -0.4 is 10.1 Å². The van der Waals surface area contributed by atoms with E-state index in [2.05, 4.69) is 27.3 Å². The summed E-state index contributed by atoms with van der Waals surface area (Å²) < 4.78 is 6.98. The van der Waals surface area contributed by atoms with Crippen LogP contribution in [0.25, 0.3) is 0 Å². The van der Waals surface area contributed by atoms with Gasteiger partial charge in [0.05, 0.1) is 11.1 Å². The predicted octanol–water partition coefficient (Wildman–Crippen LogP) is 3.72. The van der Waals surface area contributed by atoms with Crippen LogP contribution in [0.3, 0.4) is 0 Å². The number of hydrogen-bond acceptors (Lipinski definition) is 2. The molecule has 1 aliphatic heterocycles. The average molecular weight is 352 g/mol. The van der Waals surface area contributed by atoms with Gasteiger partial charge in [0, 0.05) is 13.0 Å². The second kappa shape index (κ2) is 6.39. The Labute approximate surface area is 134 Å². The van der Waals surface area contributed by atoms with Crippen LogP contribution in [0.2, 0.25) is 0 Å². The van der Waals surface area contributed by atoms with Gasteiger partial charge in [0.15, 0.2) is 0 Å². The van der Waals surface area contributed by atoms with E-state index in [-0.39, 0.29) is 5.91 Å². The van der Waals surface area contributed by atoms with Gasteiger partial charge in [0.25, 0.3) is 0 Å². The number of benzene rings is 1. The topological polar surface area (TPSA) is 38.3 Å². The summed E-state index contributed by atoms with van der Waals surface area (Å²) in [6.45, 7) is 3.50. The van der Waals surface area contributed by atoms with E-state index in [1.807, 2.05) is 6.92 Å². The molecule has 3 rings (SSSR count). The maximum absolute atomic E-state index is 11.4. The van der Waals surface area contributed by atoms with E-state index in [0.717, 1.165) is 49.1 Å². The van der Waals surface area contributed by atoms with Crippen molar-refractivity contribution in [1.82, 2.24) is 5.32 Å². The highest BCUT2D eigenvalue weighted by atomic mass is 79.9. The molecule has 1 aliphatic carbocycles. The van der Waals surface area contributed by atoms with Crippen LogP contribution in [-0.4, -0.2) is 19.1 Å². The first-order valence-corrected chi connectivity index (χ1v) is 8.73. The Morgan fingerprint density at radius 3 is 3.14 bits per heavy atom. The fraction of sp³-hybridized carbons (Fsp3) is 0.588. The molecule has 0 fully saturated rings. The molecular weight excluding hydrogens is 330 g/mol. The number of amides is 1. The minimum atomic E-state index is 0.148. The van der Waals surface area contributed by atoms with Crippen molar-refractivity contribution in [3.63, 3.8) is 0 Å². The molecule has 114 valence electrons. The Morgan fingerprint density at radius 2 is 2.33 bits per heavy atom. The summed E-state index contributed by atoms with van der Waals surface area (Å²) >= 11 is 3.65. The second-order valence-electron chi connectivity index (χ2n) is 5.92. The molecule has 21 heavy (non-hydrogen) atoms. The first-order chi connectivity index (χ1) is 10.2. The zero-order valence-electron chi connectivity index (χ0n) is 12.5. The van der Waals surface area contributed by atoms with Gasteiger partial charge in [-0.3, -0.25) is 4.79 Å². The summed E-state index contributed by atoms with van der Waals surface area (Å²) in [6, 6.07) is 2.24. The Morgan fingerprint density at radius 1 is 1.48 bits per heavy atom. The summed E-state index contributed by atoms with van der Waals surface area (Å²) in [5, 5.41) is 3.00. The Bertz CT molecular complexity index is 556. The maximum Gasteiger partial charge on any atom is 0.219 e. The van der Waals surface area contributed by atoms with E-state index in [1.54, 1.807) is 0 Å². The minimum Gasteiger partial charge on any atom is -0.492 e. The number of hydrogen-bond donors (Lipinski definition) is 1. The van der Waals surface area contributed by atoms with Crippen molar-refractivity contribution >= 4 is 21.8 Å². The number of ether oxygens (including phenoxy) is 1. The number of nitrogens with one attached hydrogen (secondary N) is 1. The monoisotopic (exact) mass is 351 g/mol. The predicted molar refractivity (Wildman–Crippen MR) is 86.9 cm³/mol. The molecule has 1 amide bonds. The van der Waals surface area contributed by atoms with Crippen LogP contribution in [0.4, 0.5) is 0 Å². The van der Waals surface area contributed by atoms with Crippen molar-refractivity contribution < 1.29 is 9.53 Å². The molecule has 0 radical (unpaired) electrons. The highest BCUT2D eigenvalue weighted by molar-refractivity contribution is 9.10. The summed E-state index contributed by atoms with van der Waals surface area (Å²) in [4.78, 5) is 11.4. The third-order valence-corrected chi connectivity index (χ3v) is 5.18. The number of carbonyl (C=O) groups is 1. The molecule has 1 aromatic rings. The van der Waals surface area contributed by atoms with Gasteiger partial charge in [-0.15, -0.1) is 0 Å². The zero-order chi connectivity index (χ0) is 14.8. The van der Waals surface area contributed by atoms with Crippen molar-refractivity contribution in [3.8, 4) is 5.75 Å². The molecule has 0 saturated carbocycles. The number of aryl methyl sites for hydroxylation is 1. The zero-order valence-corrected chi connectivity index (χ0v) is 14.1. The number of carbonyl (C=O) groups excluding carboxylic acids is 1. The average Bonchev–Trinajstić information content (AvgIpc) is 2.90. The lowest BCUT2D eigenvalue weighted by molar-refractivity contribution is -0.120. The second-order valence-corrected chi connectivity index (χ2v) is 6.77. The number of rotatable bonds is 4. The van der Waals surface area contributed by atoms with Gasteiger partial charge in [0.1, 0.15) is 5.75 Å². The van der Waals surface area contributed by atoms with Gasteiger partial charge in [-0.05, 0) is 76.7 Å². The van der Waals surface area contributed by atoms with Crippen LogP contribution in [-0.2, 0) is 17.6 Å². The summed E-state index contributed by atoms with van der Waals surface area (Å²) in [5.74, 6) is 1.78. The number of fused-ring (bicyclic) bond motifs is 3. The standard InChI is InChI=1S/C17H22BrNO2/c1-2-15(20)19-8-7-11-5-6-12-10-14(18)17-13(16(11)12)4-3-9-21-17/h10-11H,2-9H2,1H3,(H,19,20). The summed E-state index contributed by atoms with van der Waals surface area (Å²) in [6.07, 6.45) is 6.17. The third kappa shape index (κ3) is 2.96. The molecule has 3 nitrogen and oxygen atoms in total. The van der Waals surface area contributed by atoms with E-state index in [0.29, 0.717) is 12.3 Å². The number of halogens is 1. The Hall–Kier alpha value is -1.03. The first-order valence-electron chi connectivity index (χ1n) is 7.94. The molecule has 1 heterocycles. The molecule has 1 aromatic carbocycles. The van der Waals surface area contributed by atoms with Crippen molar-refractivity contribution in [2.45, 2.75) is 51.4 Å². The lowest BCUT2D eigenvalue weighted by Gasteiger charge is -2.24. The molecule has 0 aromatic heterocycles. The van der Waals surface area contributed by atoms with Gasteiger partial charge < -0.3 is 10.1 Å². The lowest BCUT2D eigenvalue weighted by Crippen LogP contribution is -2.24. The molecule has 1 atom stereocenters. The molecule has 0 bridgehead atoms. The molecule has 1 unspecified atom stereocenters. The van der Waals surface area contributed by atoms with Crippen LogP contribution in [0.5, 0.6) is 5.75 Å². The summed E-state index contributed by atoms with van der Waals surface area (Å²) in [7, 11) is 0. The lowest BCUT2D eigenvalue weighted by atomic mass is 9.89. The normalized spacial score (nSPS) is 19.6. The summed E-state index contributed by atoms with van der Waals surface area (Å²) in [5.41, 5.74) is 4.39. The van der Waals surface area contributed by atoms with Crippen LogP contribution in [0.1, 0.15) is 55.2 Å². The van der Waals surface area contributed by atoms with E-state index < -0.39 is 0 Å². The van der Waals surface area contributed by atoms with E-state index >= 15 is 0 Å². The van der Waals surface area contributed by atoms with Crippen LogP contribution >= 0.6 is 15.9 Å². The quantitative estimate of drug-likeness (QED) is 0.897. The molecule has 2 aliphatic rings.